The maximum Gasteiger partial charge on any atom is 0.391 e. The van der Waals surface area contributed by atoms with Crippen LogP contribution in [0.3, 0.4) is 0 Å². The minimum absolute atomic E-state index is 0.0556. The molecule has 4 aliphatic rings. The molecule has 300 valence electrons. The Labute approximate surface area is 320 Å². The third kappa shape index (κ3) is 14.1. The Bertz CT molecular complexity index is 1400. The van der Waals surface area contributed by atoms with Crippen LogP contribution in [0.15, 0.2) is 41.1 Å². The van der Waals surface area contributed by atoms with Gasteiger partial charge in [-0.2, -0.15) is 13.2 Å². The summed E-state index contributed by atoms with van der Waals surface area (Å²) in [6, 6.07) is 4.46. The summed E-state index contributed by atoms with van der Waals surface area (Å²) in [4.78, 5) is 23.9. The number of nitrogens with one attached hydrogen (secondary N) is 1. The molecule has 1 aromatic rings. The number of ether oxygens (including phenoxy) is 1. The fourth-order valence-corrected chi connectivity index (χ4v) is 8.27. The van der Waals surface area contributed by atoms with E-state index in [1.54, 1.807) is 12.5 Å². The highest BCUT2D eigenvalue weighted by molar-refractivity contribution is 5.86. The van der Waals surface area contributed by atoms with Crippen LogP contribution in [0.5, 0.6) is 0 Å². The summed E-state index contributed by atoms with van der Waals surface area (Å²) < 4.78 is 44.2. The maximum absolute atomic E-state index is 13.3. The molecule has 0 aromatic heterocycles. The average molecular weight is 744 g/mol. The van der Waals surface area contributed by atoms with Crippen LogP contribution in [0.2, 0.25) is 0 Å². The first-order chi connectivity index (χ1) is 24.8. The fourth-order valence-electron chi connectivity index (χ4n) is 8.27. The molecule has 4 nitrogen and oxygen atoms in total. The van der Waals surface area contributed by atoms with Gasteiger partial charge in [-0.3, -0.25) is 9.59 Å². The highest BCUT2D eigenvalue weighted by atomic mass is 19.4. The zero-order valence-corrected chi connectivity index (χ0v) is 35.2. The summed E-state index contributed by atoms with van der Waals surface area (Å²) >= 11 is 0. The molecule has 5 rings (SSSR count). The highest BCUT2D eigenvalue weighted by Crippen LogP contribution is 2.50. The van der Waals surface area contributed by atoms with Gasteiger partial charge in [0.05, 0.1) is 11.3 Å². The van der Waals surface area contributed by atoms with Crippen molar-refractivity contribution in [3.63, 3.8) is 0 Å². The van der Waals surface area contributed by atoms with E-state index >= 15 is 0 Å². The summed E-state index contributed by atoms with van der Waals surface area (Å²) in [5.74, 6) is -0.152. The number of benzene rings is 1. The molecule has 1 aromatic carbocycles. The number of carbonyl (C=O) groups excluding carboxylic acids is 2. The zero-order chi connectivity index (χ0) is 40.1. The molecule has 1 atom stereocenters. The molecule has 0 radical (unpaired) electrons. The number of hydrogen-bond acceptors (Lipinski definition) is 3. The number of aryl methyl sites for hydroxylation is 3. The first-order valence-corrected chi connectivity index (χ1v) is 20.5. The molecule has 3 aliphatic carbocycles. The van der Waals surface area contributed by atoms with Gasteiger partial charge < -0.3 is 10.1 Å². The third-order valence-electron chi connectivity index (χ3n) is 11.5. The summed E-state index contributed by atoms with van der Waals surface area (Å²) in [5.41, 5.74) is 8.30. The first kappa shape index (κ1) is 46.3. The van der Waals surface area contributed by atoms with Gasteiger partial charge in [-0.15, -0.1) is 0 Å². The van der Waals surface area contributed by atoms with E-state index in [-0.39, 0.29) is 41.7 Å². The van der Waals surface area contributed by atoms with Gasteiger partial charge in [0.1, 0.15) is 5.60 Å². The highest BCUT2D eigenvalue weighted by Gasteiger charge is 2.47. The van der Waals surface area contributed by atoms with Gasteiger partial charge in [0.2, 0.25) is 5.91 Å². The molecule has 0 bridgehead atoms. The summed E-state index contributed by atoms with van der Waals surface area (Å²) in [7, 11) is 0. The van der Waals surface area contributed by atoms with Crippen molar-refractivity contribution in [1.29, 1.82) is 0 Å². The van der Waals surface area contributed by atoms with Crippen LogP contribution in [-0.2, 0) is 14.3 Å². The number of alkyl halides is 3. The average Bonchev–Trinajstić information content (AvgIpc) is 3.06. The molecule has 53 heavy (non-hydrogen) atoms. The minimum atomic E-state index is -4.10. The van der Waals surface area contributed by atoms with Gasteiger partial charge in [-0.05, 0) is 167 Å². The fraction of sp³-hybridized carbons (Fsp3) is 0.696. The Morgan fingerprint density at radius 3 is 1.91 bits per heavy atom. The van der Waals surface area contributed by atoms with Gasteiger partial charge in [0.15, 0.2) is 0 Å². The zero-order valence-electron chi connectivity index (χ0n) is 35.2. The van der Waals surface area contributed by atoms with Crippen molar-refractivity contribution in [3.8, 4) is 0 Å². The van der Waals surface area contributed by atoms with Gasteiger partial charge in [-0.1, -0.05) is 74.8 Å². The minimum Gasteiger partial charge on any atom is -0.460 e. The monoisotopic (exact) mass is 744 g/mol. The van der Waals surface area contributed by atoms with Crippen molar-refractivity contribution in [2.45, 2.75) is 178 Å². The number of esters is 1. The van der Waals surface area contributed by atoms with Crippen molar-refractivity contribution in [2.75, 3.05) is 0 Å². The van der Waals surface area contributed by atoms with Crippen LogP contribution < -0.4 is 5.32 Å². The Morgan fingerprint density at radius 2 is 1.51 bits per heavy atom. The summed E-state index contributed by atoms with van der Waals surface area (Å²) in [5, 5.41) is 3.20. The van der Waals surface area contributed by atoms with E-state index < -0.39 is 12.1 Å². The topological polar surface area (TPSA) is 55.4 Å². The molecule has 1 N–H and O–H groups in total. The number of allylic oxidation sites excluding steroid dienone is 5. The largest absolute Gasteiger partial charge is 0.460 e. The predicted molar refractivity (Wildman–Crippen MR) is 215 cm³/mol. The van der Waals surface area contributed by atoms with Crippen molar-refractivity contribution >= 4 is 18.0 Å². The number of rotatable bonds is 5. The first-order valence-electron chi connectivity index (χ1n) is 20.5. The lowest BCUT2D eigenvalue weighted by Gasteiger charge is -2.45. The number of amides is 1. The van der Waals surface area contributed by atoms with Gasteiger partial charge in [-0.25, -0.2) is 0 Å². The number of halogens is 3. The van der Waals surface area contributed by atoms with E-state index in [0.717, 1.165) is 37.8 Å². The van der Waals surface area contributed by atoms with E-state index in [0.29, 0.717) is 31.1 Å². The van der Waals surface area contributed by atoms with Crippen LogP contribution in [0.25, 0.3) is 6.08 Å². The maximum atomic E-state index is 13.3. The van der Waals surface area contributed by atoms with E-state index in [9.17, 15) is 22.8 Å². The lowest BCUT2D eigenvalue weighted by atomic mass is 9.63. The van der Waals surface area contributed by atoms with Crippen LogP contribution >= 0.6 is 0 Å². The van der Waals surface area contributed by atoms with Crippen molar-refractivity contribution in [1.82, 2.24) is 5.32 Å². The molecule has 1 unspecified atom stereocenters. The lowest BCUT2D eigenvalue weighted by molar-refractivity contribution is -0.183. The number of hydrogen-bond donors (Lipinski definition) is 1. The van der Waals surface area contributed by atoms with E-state index in [1.165, 1.54) is 47.1 Å². The second-order valence-corrected chi connectivity index (χ2v) is 16.8. The van der Waals surface area contributed by atoms with Crippen molar-refractivity contribution in [3.05, 3.63) is 63.4 Å². The Balaban J connectivity index is 0.000000472. The van der Waals surface area contributed by atoms with Crippen LogP contribution in [0.1, 0.15) is 168 Å². The molecule has 7 heteroatoms. The van der Waals surface area contributed by atoms with E-state index in [4.69, 9.17) is 4.74 Å². The molecule has 0 saturated heterocycles. The van der Waals surface area contributed by atoms with E-state index in [2.05, 4.69) is 77.2 Å². The van der Waals surface area contributed by atoms with Crippen LogP contribution in [-0.4, -0.2) is 23.7 Å². The molecule has 3 saturated carbocycles. The van der Waals surface area contributed by atoms with Crippen LogP contribution in [0.4, 0.5) is 13.2 Å². The summed E-state index contributed by atoms with van der Waals surface area (Å²) in [6.07, 6.45) is 13.3. The second kappa shape index (κ2) is 20.7. The normalized spacial score (nSPS) is 25.1. The quantitative estimate of drug-likeness (QED) is 0.241. The molecule has 1 aliphatic heterocycles. The standard InChI is InChI=1S/C31H42F3NO.C7H14O2.C6H10.C2H6/c1-19-16-21(3)27(22(4)17-19)11-6-20(2)24-12-14-30(15-13-24)18-23(5)28(35-29(30)36)25-7-9-26(10-8-25)31(32,33)34;1-5-6(8)9-7(2,3)4;1-2-6-4-3-5-6;1-2/h6,11,16-17,20,24-26H,7-10,12-15,18H2,1-5H3,(H,35,36);5H2,1-4H3;2H,3-5H2,1H3;1-2H3/b11-6+;;;. The Kier molecular flexibility index (Phi) is 18.1. The van der Waals surface area contributed by atoms with Gasteiger partial charge in [0, 0.05) is 12.1 Å². The second-order valence-electron chi connectivity index (χ2n) is 16.8. The van der Waals surface area contributed by atoms with Crippen molar-refractivity contribution < 1.29 is 27.5 Å². The summed E-state index contributed by atoms with van der Waals surface area (Å²) in [6.45, 7) is 24.3. The Hall–Kier alpha value is -2.83. The lowest BCUT2D eigenvalue weighted by Crippen LogP contribution is -2.48. The molecule has 1 heterocycles. The number of carbonyl (C=O) groups is 2. The van der Waals surface area contributed by atoms with Crippen LogP contribution in [0, 0.1) is 49.9 Å². The molecular formula is C46H72F3NO3. The SMILES string of the molecule is CC.CC1=C(C2CCC(C(F)(F)F)CC2)NC(=O)C2(CCC(C(C)/C=C/c3c(C)cc(C)cc3C)CC2)C1.CC=C1CCC1.CCC(=O)OC(C)(C)C. The molecule has 3 fully saturated rings. The van der Waals surface area contributed by atoms with Gasteiger partial charge >= 0.3 is 12.1 Å². The smallest absolute Gasteiger partial charge is 0.391 e. The third-order valence-corrected chi connectivity index (χ3v) is 11.5. The van der Waals surface area contributed by atoms with Crippen molar-refractivity contribution in [2.24, 2.45) is 29.1 Å². The molecular weight excluding hydrogens is 672 g/mol. The van der Waals surface area contributed by atoms with Gasteiger partial charge in [0.25, 0.3) is 0 Å². The molecule has 1 spiro atoms. The Morgan fingerprint density at radius 1 is 0.962 bits per heavy atom. The predicted octanol–water partition coefficient (Wildman–Crippen LogP) is 13.5. The molecule has 1 amide bonds. The van der Waals surface area contributed by atoms with E-state index in [1.807, 2.05) is 34.6 Å².